The molecule has 0 saturated carbocycles. The third-order valence-corrected chi connectivity index (χ3v) is 4.33. The predicted molar refractivity (Wildman–Crippen MR) is 87.9 cm³/mol. The summed E-state index contributed by atoms with van der Waals surface area (Å²) >= 11 is 0. The number of Topliss-reactive ketones (excluding diaryl/α,β-unsaturated/α-hetero) is 1. The fraction of sp³-hybridized carbons (Fsp3) is 0.316. The summed E-state index contributed by atoms with van der Waals surface area (Å²) in [5, 5.41) is 0. The summed E-state index contributed by atoms with van der Waals surface area (Å²) in [7, 11) is 0. The first kappa shape index (κ1) is 15.4. The van der Waals surface area contributed by atoms with Gasteiger partial charge in [-0.1, -0.05) is 30.3 Å². The van der Waals surface area contributed by atoms with E-state index in [0.29, 0.717) is 5.56 Å². The Morgan fingerprint density at radius 3 is 2.52 bits per heavy atom. The van der Waals surface area contributed by atoms with E-state index in [2.05, 4.69) is 4.98 Å². The predicted octanol–water partition coefficient (Wildman–Crippen LogP) is 3.41. The number of pyridine rings is 1. The van der Waals surface area contributed by atoms with Crippen molar-refractivity contribution in [2.24, 2.45) is 0 Å². The molecule has 1 atom stereocenters. The van der Waals surface area contributed by atoms with E-state index in [1.54, 1.807) is 24.5 Å². The molecule has 1 aliphatic rings. The van der Waals surface area contributed by atoms with Crippen LogP contribution in [0.3, 0.4) is 0 Å². The molecule has 2 heterocycles. The molecule has 1 aromatic heterocycles. The number of carbonyl (C=O) groups excluding carboxylic acids is 2. The summed E-state index contributed by atoms with van der Waals surface area (Å²) in [6.07, 6.45) is 6.04. The molecule has 4 nitrogen and oxygen atoms in total. The Kier molecular flexibility index (Phi) is 4.81. The van der Waals surface area contributed by atoms with Gasteiger partial charge in [0.1, 0.15) is 0 Å². The summed E-state index contributed by atoms with van der Waals surface area (Å²) in [5.41, 5.74) is 1.80. The fourth-order valence-corrected chi connectivity index (χ4v) is 3.13. The maximum atomic E-state index is 12.5. The summed E-state index contributed by atoms with van der Waals surface area (Å²) in [6.45, 7) is 0.769. The van der Waals surface area contributed by atoms with Crippen LogP contribution in [-0.2, 0) is 4.79 Å². The van der Waals surface area contributed by atoms with Crippen LogP contribution in [0.2, 0.25) is 0 Å². The number of rotatable bonds is 5. The van der Waals surface area contributed by atoms with Crippen molar-refractivity contribution in [1.29, 1.82) is 0 Å². The normalized spacial score (nSPS) is 17.2. The van der Waals surface area contributed by atoms with Crippen LogP contribution < -0.4 is 0 Å². The van der Waals surface area contributed by atoms with Crippen LogP contribution in [0.4, 0.5) is 0 Å². The number of hydrogen-bond donors (Lipinski definition) is 0. The van der Waals surface area contributed by atoms with Crippen molar-refractivity contribution in [2.45, 2.75) is 31.7 Å². The number of hydrogen-bond acceptors (Lipinski definition) is 3. The first-order valence-electron chi connectivity index (χ1n) is 8.03. The van der Waals surface area contributed by atoms with Crippen molar-refractivity contribution < 1.29 is 9.59 Å². The van der Waals surface area contributed by atoms with Gasteiger partial charge in [-0.2, -0.15) is 0 Å². The van der Waals surface area contributed by atoms with Gasteiger partial charge in [0.25, 0.3) is 0 Å². The van der Waals surface area contributed by atoms with Crippen LogP contribution in [0.1, 0.15) is 47.6 Å². The lowest BCUT2D eigenvalue weighted by atomic mass is 10.0. The molecule has 1 fully saturated rings. The first-order valence-corrected chi connectivity index (χ1v) is 8.03. The van der Waals surface area contributed by atoms with Crippen LogP contribution >= 0.6 is 0 Å². The lowest BCUT2D eigenvalue weighted by Gasteiger charge is -2.25. The summed E-state index contributed by atoms with van der Waals surface area (Å²) in [6, 6.07) is 13.2. The average Bonchev–Trinajstić information content (AvgIpc) is 3.11. The molecule has 23 heavy (non-hydrogen) atoms. The number of likely N-dealkylation sites (tertiary alicyclic amines) is 1. The molecule has 3 rings (SSSR count). The van der Waals surface area contributed by atoms with Gasteiger partial charge in [-0.15, -0.1) is 0 Å². The van der Waals surface area contributed by atoms with Gasteiger partial charge in [0.15, 0.2) is 5.78 Å². The lowest BCUT2D eigenvalue weighted by Crippen LogP contribution is -2.30. The summed E-state index contributed by atoms with van der Waals surface area (Å²) < 4.78 is 0. The molecule has 4 heteroatoms. The van der Waals surface area contributed by atoms with E-state index in [9.17, 15) is 9.59 Å². The van der Waals surface area contributed by atoms with Crippen molar-refractivity contribution >= 4 is 11.7 Å². The molecule has 0 aliphatic carbocycles. The fourth-order valence-electron chi connectivity index (χ4n) is 3.13. The molecule has 0 bridgehead atoms. The highest BCUT2D eigenvalue weighted by Gasteiger charge is 2.29. The Labute approximate surface area is 136 Å². The van der Waals surface area contributed by atoms with Crippen LogP contribution in [0.15, 0.2) is 54.9 Å². The standard InChI is InChI=1S/C19H20N2O2/c22-18(16-5-2-1-3-6-16)8-9-19(23)21-14-4-7-17(21)15-10-12-20-13-11-15/h1-3,5-6,10-13,17H,4,7-9,14H2. The molecule has 2 aromatic rings. The average molecular weight is 308 g/mol. The lowest BCUT2D eigenvalue weighted by molar-refractivity contribution is -0.132. The Balaban J connectivity index is 1.60. The largest absolute Gasteiger partial charge is 0.336 e. The minimum atomic E-state index is 0.0265. The SMILES string of the molecule is O=C(CCC(=O)N1CCCC1c1ccncc1)c1ccccc1. The van der Waals surface area contributed by atoms with E-state index in [-0.39, 0.29) is 30.6 Å². The number of ketones is 1. The van der Waals surface area contributed by atoms with Gasteiger partial charge < -0.3 is 4.90 Å². The number of nitrogens with zero attached hydrogens (tertiary/aromatic N) is 2. The number of aromatic nitrogens is 1. The van der Waals surface area contributed by atoms with Crippen LogP contribution in [0.25, 0.3) is 0 Å². The second kappa shape index (κ2) is 7.18. The third-order valence-electron chi connectivity index (χ3n) is 4.33. The first-order chi connectivity index (χ1) is 11.3. The van der Waals surface area contributed by atoms with Crippen LogP contribution in [-0.4, -0.2) is 28.1 Å². The smallest absolute Gasteiger partial charge is 0.223 e. The van der Waals surface area contributed by atoms with Crippen molar-refractivity contribution in [1.82, 2.24) is 9.88 Å². The molecule has 1 aliphatic heterocycles. The Hall–Kier alpha value is -2.49. The van der Waals surface area contributed by atoms with E-state index >= 15 is 0 Å². The van der Waals surface area contributed by atoms with E-state index < -0.39 is 0 Å². The van der Waals surface area contributed by atoms with Gasteiger partial charge in [0, 0.05) is 37.3 Å². The molecular weight excluding hydrogens is 288 g/mol. The van der Waals surface area contributed by atoms with E-state index in [4.69, 9.17) is 0 Å². The van der Waals surface area contributed by atoms with Gasteiger partial charge in [0.2, 0.25) is 5.91 Å². The van der Waals surface area contributed by atoms with E-state index in [1.165, 1.54) is 0 Å². The molecule has 0 N–H and O–H groups in total. The highest BCUT2D eigenvalue weighted by atomic mass is 16.2. The monoisotopic (exact) mass is 308 g/mol. The number of amides is 1. The number of carbonyl (C=O) groups is 2. The van der Waals surface area contributed by atoms with Crippen molar-refractivity contribution in [2.75, 3.05) is 6.54 Å². The molecular formula is C19H20N2O2. The second-order valence-corrected chi connectivity index (χ2v) is 5.81. The summed E-state index contributed by atoms with van der Waals surface area (Å²) in [4.78, 5) is 30.6. The number of benzene rings is 1. The maximum Gasteiger partial charge on any atom is 0.223 e. The van der Waals surface area contributed by atoms with Gasteiger partial charge >= 0.3 is 0 Å². The van der Waals surface area contributed by atoms with Gasteiger partial charge in [-0.05, 0) is 30.5 Å². The second-order valence-electron chi connectivity index (χ2n) is 5.81. The zero-order valence-electron chi connectivity index (χ0n) is 13.0. The van der Waals surface area contributed by atoms with Gasteiger partial charge in [-0.25, -0.2) is 0 Å². The van der Waals surface area contributed by atoms with Crippen molar-refractivity contribution in [3.63, 3.8) is 0 Å². The van der Waals surface area contributed by atoms with Gasteiger partial charge in [-0.3, -0.25) is 14.6 Å². The molecule has 1 amide bonds. The summed E-state index contributed by atoms with van der Waals surface area (Å²) in [5.74, 6) is 0.0900. The minimum absolute atomic E-state index is 0.0265. The Morgan fingerprint density at radius 2 is 1.78 bits per heavy atom. The Bertz CT molecular complexity index is 670. The Morgan fingerprint density at radius 1 is 1.04 bits per heavy atom. The highest BCUT2D eigenvalue weighted by molar-refractivity contribution is 5.97. The van der Waals surface area contributed by atoms with Crippen molar-refractivity contribution in [3.05, 3.63) is 66.0 Å². The molecule has 1 aromatic carbocycles. The zero-order valence-corrected chi connectivity index (χ0v) is 13.0. The topological polar surface area (TPSA) is 50.3 Å². The molecule has 0 radical (unpaired) electrons. The van der Waals surface area contributed by atoms with E-state index in [1.807, 2.05) is 35.2 Å². The molecule has 1 saturated heterocycles. The van der Waals surface area contributed by atoms with Crippen LogP contribution in [0.5, 0.6) is 0 Å². The van der Waals surface area contributed by atoms with Gasteiger partial charge in [0.05, 0.1) is 6.04 Å². The maximum absolute atomic E-state index is 12.5. The quantitative estimate of drug-likeness (QED) is 0.795. The molecule has 118 valence electrons. The highest BCUT2D eigenvalue weighted by Crippen LogP contribution is 2.32. The third kappa shape index (κ3) is 3.65. The molecule has 1 unspecified atom stereocenters. The molecule has 0 spiro atoms. The van der Waals surface area contributed by atoms with Crippen molar-refractivity contribution in [3.8, 4) is 0 Å². The van der Waals surface area contributed by atoms with Crippen LogP contribution in [0, 0.1) is 0 Å². The minimum Gasteiger partial charge on any atom is -0.336 e. The van der Waals surface area contributed by atoms with E-state index in [0.717, 1.165) is 24.9 Å². The zero-order chi connectivity index (χ0) is 16.1.